The predicted octanol–water partition coefficient (Wildman–Crippen LogP) is 7.67. The van der Waals surface area contributed by atoms with Crippen LogP contribution in [0.4, 0.5) is 0 Å². The van der Waals surface area contributed by atoms with Gasteiger partial charge in [-0.25, -0.2) is 0 Å². The summed E-state index contributed by atoms with van der Waals surface area (Å²) in [5.74, 6) is 1.98. The molecule has 0 aliphatic heterocycles. The molecule has 4 rings (SSSR count). The number of hydrogen-bond donors (Lipinski definition) is 0. The number of aryl methyl sites for hydroxylation is 6. The Bertz CT molecular complexity index is 1010. The van der Waals surface area contributed by atoms with Crippen LogP contribution in [-0.2, 0) is 21.1 Å². The van der Waals surface area contributed by atoms with Crippen molar-refractivity contribution in [1.29, 1.82) is 0 Å². The molecule has 31 heavy (non-hydrogen) atoms. The van der Waals surface area contributed by atoms with Crippen LogP contribution in [0.15, 0.2) is 67.3 Å². The molecule has 2 aromatic rings. The number of hydrogen-bond acceptors (Lipinski definition) is 2. The minimum absolute atomic E-state index is 0.904. The van der Waals surface area contributed by atoms with Gasteiger partial charge in [-0.05, 0) is 0 Å². The number of allylic oxidation sites excluding steroid dienone is 8. The van der Waals surface area contributed by atoms with Gasteiger partial charge < -0.3 is 0 Å². The maximum atomic E-state index is 7.20. The van der Waals surface area contributed by atoms with E-state index in [4.69, 9.17) is 5.63 Å². The van der Waals surface area contributed by atoms with E-state index in [1.807, 2.05) is 0 Å². The van der Waals surface area contributed by atoms with Gasteiger partial charge in [0.25, 0.3) is 0 Å². The molecule has 0 spiro atoms. The molecule has 0 saturated carbocycles. The third-order valence-corrected chi connectivity index (χ3v) is 14.5. The van der Waals surface area contributed by atoms with Crippen molar-refractivity contribution >= 4 is 0 Å². The van der Waals surface area contributed by atoms with E-state index in [9.17, 15) is 0 Å². The van der Waals surface area contributed by atoms with E-state index < -0.39 is 21.1 Å². The van der Waals surface area contributed by atoms with E-state index in [0.29, 0.717) is 0 Å². The average molecular weight is 492 g/mol. The molecule has 2 nitrogen and oxygen atoms in total. The first-order chi connectivity index (χ1) is 14.8. The van der Waals surface area contributed by atoms with Crippen LogP contribution < -0.4 is 5.63 Å². The zero-order valence-electron chi connectivity index (χ0n) is 19.5. The summed E-state index contributed by atoms with van der Waals surface area (Å²) in [6, 6.07) is 8.85. The molecule has 3 heteroatoms. The molecule has 0 bridgehead atoms. The van der Waals surface area contributed by atoms with Crippen molar-refractivity contribution in [3.63, 3.8) is 0 Å². The fourth-order valence-electron chi connectivity index (χ4n) is 4.81. The van der Waals surface area contributed by atoms with Gasteiger partial charge in [-0.1, -0.05) is 0 Å². The average Bonchev–Trinajstić information content (AvgIpc) is 3.40. The molecule has 0 atom stereocenters. The normalized spacial score (nSPS) is 15.3. The van der Waals surface area contributed by atoms with Gasteiger partial charge in [-0.15, -0.1) is 0 Å². The van der Waals surface area contributed by atoms with Crippen molar-refractivity contribution in [2.24, 2.45) is 0 Å². The van der Waals surface area contributed by atoms with Crippen molar-refractivity contribution in [3.05, 3.63) is 101 Å². The molecule has 2 aliphatic rings. The van der Waals surface area contributed by atoms with E-state index in [1.165, 1.54) is 39.9 Å². The summed E-state index contributed by atoms with van der Waals surface area (Å²) in [4.78, 5) is 0. The summed E-state index contributed by atoms with van der Waals surface area (Å²) in [6.07, 6.45) is 15.0. The Morgan fingerprint density at radius 2 is 0.935 bits per heavy atom. The molecule has 2 aromatic carbocycles. The monoisotopic (exact) mass is 490 g/mol. The van der Waals surface area contributed by atoms with Gasteiger partial charge in [0.15, 0.2) is 0 Å². The molecule has 0 unspecified atom stereocenters. The quantitative estimate of drug-likeness (QED) is 0.413. The zero-order valence-corrected chi connectivity index (χ0v) is 22.0. The van der Waals surface area contributed by atoms with Crippen molar-refractivity contribution in [1.82, 2.24) is 0 Å². The van der Waals surface area contributed by atoms with E-state index in [1.54, 1.807) is 0 Å². The van der Waals surface area contributed by atoms with Crippen molar-refractivity contribution in [3.8, 4) is 11.5 Å². The van der Waals surface area contributed by atoms with E-state index in [-0.39, 0.29) is 0 Å². The standard InChI is InChI=1S/2C9H12O.2C5H5.Zr/c2*1-6-4-7(2)9(10)8(3)5-6;2*1-2-4-5-3-1;/h2*4-5,10H,1-3H3;2*1-3H,4H2;/q;;;;+2/p-2. The molecule has 0 fully saturated rings. The first-order valence-electron chi connectivity index (χ1n) is 11.1. The van der Waals surface area contributed by atoms with Gasteiger partial charge >= 0.3 is 193 Å². The van der Waals surface area contributed by atoms with Crippen LogP contribution in [0, 0.1) is 41.5 Å². The molecule has 0 saturated heterocycles. The van der Waals surface area contributed by atoms with Gasteiger partial charge in [-0.2, -0.15) is 0 Å². The van der Waals surface area contributed by atoms with Crippen LogP contribution in [0.25, 0.3) is 0 Å². The van der Waals surface area contributed by atoms with Crippen LogP contribution in [0.2, 0.25) is 0 Å². The zero-order chi connectivity index (χ0) is 22.2. The fraction of sp³-hybridized carbons (Fsp3) is 0.286. The topological polar surface area (TPSA) is 18.5 Å². The van der Waals surface area contributed by atoms with E-state index >= 15 is 0 Å². The second kappa shape index (κ2) is 8.79. The Labute approximate surface area is 192 Å². The first-order valence-corrected chi connectivity index (χ1v) is 15.5. The summed E-state index contributed by atoms with van der Waals surface area (Å²) in [7, 11) is 0. The van der Waals surface area contributed by atoms with Gasteiger partial charge in [0.2, 0.25) is 0 Å². The Morgan fingerprint density at radius 1 is 0.581 bits per heavy atom. The summed E-state index contributed by atoms with van der Waals surface area (Å²) < 4.78 is 17.1. The van der Waals surface area contributed by atoms with Gasteiger partial charge in [0.1, 0.15) is 0 Å². The number of benzene rings is 2. The molecule has 0 radical (unpaired) electrons. The Balaban J connectivity index is 1.90. The van der Waals surface area contributed by atoms with E-state index in [0.717, 1.165) is 24.3 Å². The van der Waals surface area contributed by atoms with Gasteiger partial charge in [-0.3, -0.25) is 0 Å². The predicted molar refractivity (Wildman–Crippen MR) is 126 cm³/mol. The molecule has 160 valence electrons. The van der Waals surface area contributed by atoms with Gasteiger partial charge in [0.05, 0.1) is 0 Å². The van der Waals surface area contributed by atoms with Crippen LogP contribution in [0.3, 0.4) is 0 Å². The van der Waals surface area contributed by atoms with Crippen LogP contribution in [0.5, 0.6) is 11.5 Å². The van der Waals surface area contributed by atoms with Crippen molar-refractivity contribution in [2.75, 3.05) is 0 Å². The molecular formula is C28H32O2Zr. The number of rotatable bonds is 6. The van der Waals surface area contributed by atoms with Crippen LogP contribution in [0.1, 0.15) is 46.2 Å². The Morgan fingerprint density at radius 3 is 1.23 bits per heavy atom. The molecule has 0 amide bonds. The summed E-state index contributed by atoms with van der Waals surface area (Å²) in [5.41, 5.74) is 7.24. The molecular weight excluding hydrogens is 460 g/mol. The van der Waals surface area contributed by atoms with Crippen molar-refractivity contribution < 1.29 is 26.8 Å². The summed E-state index contributed by atoms with van der Waals surface area (Å²) in [5, 5.41) is 0. The first kappa shape index (κ1) is 22.1. The SMILES string of the molecule is Cc1cc(C)c([O][Zr]([O]c2c(C)cc(C)cc2C)([C]2=CC=CC2)[C]2=CC=CC2)c(C)c1. The summed E-state index contributed by atoms with van der Waals surface area (Å²) >= 11 is -3.99. The second-order valence-corrected chi connectivity index (χ2v) is 16.1. The fourth-order valence-corrected chi connectivity index (χ4v) is 13.7. The van der Waals surface area contributed by atoms with Crippen LogP contribution in [-0.4, -0.2) is 0 Å². The Hall–Kier alpha value is -2.12. The molecule has 2 aliphatic carbocycles. The second-order valence-electron chi connectivity index (χ2n) is 8.92. The molecule has 0 aromatic heterocycles. The third-order valence-electron chi connectivity index (χ3n) is 6.09. The maximum absolute atomic E-state index is 7.20. The third kappa shape index (κ3) is 4.30. The minimum atomic E-state index is -3.99. The van der Waals surface area contributed by atoms with Crippen LogP contribution >= 0.6 is 0 Å². The Kier molecular flexibility index (Phi) is 6.26. The molecule has 0 heterocycles. The van der Waals surface area contributed by atoms with E-state index in [2.05, 4.69) is 102 Å². The van der Waals surface area contributed by atoms with Gasteiger partial charge in [0, 0.05) is 0 Å². The molecule has 0 N–H and O–H groups in total. The van der Waals surface area contributed by atoms with Crippen molar-refractivity contribution in [2.45, 2.75) is 54.4 Å². The summed E-state index contributed by atoms with van der Waals surface area (Å²) in [6.45, 7) is 12.9.